The smallest absolute Gasteiger partial charge is 0.303 e. The van der Waals surface area contributed by atoms with E-state index >= 15 is 0 Å². The lowest BCUT2D eigenvalue weighted by molar-refractivity contribution is -0.159. The van der Waals surface area contributed by atoms with Crippen molar-refractivity contribution in [2.75, 3.05) is 38.5 Å². The monoisotopic (exact) mass is 321 g/mol. The second-order valence-corrected chi connectivity index (χ2v) is 4.94. The highest BCUT2D eigenvalue weighted by molar-refractivity contribution is 5.85. The Morgan fingerprint density at radius 2 is 1.74 bits per heavy atom. The van der Waals surface area contributed by atoms with Crippen molar-refractivity contribution in [1.82, 2.24) is 10.2 Å². The number of hydrogen-bond donors (Lipinski definition) is 2. The van der Waals surface area contributed by atoms with Crippen molar-refractivity contribution in [3.05, 3.63) is 29.8 Å². The van der Waals surface area contributed by atoms with Crippen molar-refractivity contribution in [2.45, 2.75) is 26.9 Å². The van der Waals surface area contributed by atoms with E-state index in [0.717, 1.165) is 18.8 Å². The van der Waals surface area contributed by atoms with Crippen molar-refractivity contribution >= 4 is 17.6 Å². The van der Waals surface area contributed by atoms with Crippen LogP contribution in [0.3, 0.4) is 0 Å². The number of nitrogens with zero attached hydrogens (tertiary/aromatic N) is 1. The lowest BCUT2D eigenvalue weighted by Gasteiger charge is -2.30. The molecule has 1 unspecified atom stereocenters. The van der Waals surface area contributed by atoms with Gasteiger partial charge in [-0.2, -0.15) is 0 Å². The molecule has 0 aliphatic carbocycles. The molecule has 1 aromatic carbocycles. The summed E-state index contributed by atoms with van der Waals surface area (Å²) in [7, 11) is 1.82. The number of piperazine rings is 1. The molecule has 6 nitrogen and oxygen atoms in total. The van der Waals surface area contributed by atoms with Crippen molar-refractivity contribution in [2.24, 2.45) is 0 Å². The molecule has 0 bridgehead atoms. The second kappa shape index (κ2) is 9.84. The van der Waals surface area contributed by atoms with Crippen LogP contribution < -0.4 is 10.6 Å². The summed E-state index contributed by atoms with van der Waals surface area (Å²) in [6.07, 6.45) is -0.869. The maximum Gasteiger partial charge on any atom is 0.303 e. The summed E-state index contributed by atoms with van der Waals surface area (Å²) >= 11 is 0. The molecule has 1 heterocycles. The first-order chi connectivity index (χ1) is 11.1. The third kappa shape index (κ3) is 5.56. The van der Waals surface area contributed by atoms with Gasteiger partial charge in [-0.3, -0.25) is 9.59 Å². The zero-order chi connectivity index (χ0) is 17.2. The fourth-order valence-electron chi connectivity index (χ4n) is 2.30. The summed E-state index contributed by atoms with van der Waals surface area (Å²) in [6, 6.07) is 7.33. The molecule has 2 rings (SSSR count). The van der Waals surface area contributed by atoms with Gasteiger partial charge < -0.3 is 20.3 Å². The van der Waals surface area contributed by atoms with Crippen LogP contribution in [0.25, 0.3) is 0 Å². The maximum absolute atomic E-state index is 12.6. The molecule has 1 saturated heterocycles. The number of benzene rings is 1. The number of carbonyl (C=O) groups is 2. The average molecular weight is 321 g/mol. The first kappa shape index (κ1) is 19.0. The molecule has 23 heavy (non-hydrogen) atoms. The molecule has 1 aromatic rings. The van der Waals surface area contributed by atoms with Gasteiger partial charge in [0.1, 0.15) is 0 Å². The van der Waals surface area contributed by atoms with Gasteiger partial charge in [0.15, 0.2) is 0 Å². The van der Waals surface area contributed by atoms with Crippen molar-refractivity contribution in [3.8, 4) is 0 Å². The zero-order valence-corrected chi connectivity index (χ0v) is 14.4. The van der Waals surface area contributed by atoms with Crippen LogP contribution in [0.5, 0.6) is 0 Å². The van der Waals surface area contributed by atoms with Crippen LogP contribution in [0.4, 0.5) is 5.69 Å². The molecule has 0 saturated carbocycles. The number of carbonyl (C=O) groups excluding carboxylic acids is 2. The molecule has 1 atom stereocenters. The molecule has 1 amide bonds. The van der Waals surface area contributed by atoms with Gasteiger partial charge in [-0.05, 0) is 12.1 Å². The summed E-state index contributed by atoms with van der Waals surface area (Å²) < 4.78 is 5.25. The molecule has 2 N–H and O–H groups in total. The van der Waals surface area contributed by atoms with Crippen LogP contribution in [-0.2, 0) is 14.3 Å². The minimum atomic E-state index is -0.869. The Kier molecular flexibility index (Phi) is 8.11. The average Bonchev–Trinajstić information content (AvgIpc) is 2.61. The number of rotatable bonds is 4. The van der Waals surface area contributed by atoms with Crippen molar-refractivity contribution in [3.63, 3.8) is 0 Å². The summed E-state index contributed by atoms with van der Waals surface area (Å²) in [5, 5.41) is 6.21. The van der Waals surface area contributed by atoms with E-state index in [-0.39, 0.29) is 5.91 Å². The van der Waals surface area contributed by atoms with E-state index in [4.69, 9.17) is 4.74 Å². The normalized spacial score (nSPS) is 15.0. The second-order valence-electron chi connectivity index (χ2n) is 4.94. The van der Waals surface area contributed by atoms with Gasteiger partial charge in [0.2, 0.25) is 6.10 Å². The fourth-order valence-corrected chi connectivity index (χ4v) is 2.30. The number of hydrogen-bond acceptors (Lipinski definition) is 5. The third-order valence-electron chi connectivity index (χ3n) is 3.44. The third-order valence-corrected chi connectivity index (χ3v) is 3.44. The Bertz CT molecular complexity index is 496. The van der Waals surface area contributed by atoms with Crippen molar-refractivity contribution in [1.29, 1.82) is 0 Å². The fraction of sp³-hybridized carbons (Fsp3) is 0.529. The lowest BCUT2D eigenvalue weighted by Crippen LogP contribution is -2.48. The van der Waals surface area contributed by atoms with Crippen LogP contribution >= 0.6 is 0 Å². The first-order valence-electron chi connectivity index (χ1n) is 8.06. The Morgan fingerprint density at radius 1 is 1.17 bits per heavy atom. The number of anilines is 1. The number of esters is 1. The number of ether oxygens (including phenoxy) is 1. The van der Waals surface area contributed by atoms with Gasteiger partial charge in [0, 0.05) is 51.4 Å². The molecule has 128 valence electrons. The zero-order valence-electron chi connectivity index (χ0n) is 14.4. The lowest BCUT2D eigenvalue weighted by atomic mass is 10.1. The van der Waals surface area contributed by atoms with Gasteiger partial charge in [0.05, 0.1) is 0 Å². The standard InChI is InChI=1S/C15H21N3O3.C2H6/c1-11(19)21-14(12-3-5-13(16-2)6-4-12)15(20)18-9-7-17-8-10-18;1-2/h3-6,14,16-17H,7-10H2,1-2H3;1-2H3. The Morgan fingerprint density at radius 3 is 2.22 bits per heavy atom. The summed E-state index contributed by atoms with van der Waals surface area (Å²) in [5.74, 6) is -0.620. The van der Waals surface area contributed by atoms with Gasteiger partial charge in [-0.1, -0.05) is 26.0 Å². The molecule has 0 spiro atoms. The highest BCUT2D eigenvalue weighted by Crippen LogP contribution is 2.22. The van der Waals surface area contributed by atoms with Crippen LogP contribution in [-0.4, -0.2) is 50.0 Å². The highest BCUT2D eigenvalue weighted by Gasteiger charge is 2.29. The minimum Gasteiger partial charge on any atom is -0.447 e. The topological polar surface area (TPSA) is 70.7 Å². The molecular weight excluding hydrogens is 294 g/mol. The number of amides is 1. The summed E-state index contributed by atoms with van der Waals surface area (Å²) in [4.78, 5) is 25.6. The van der Waals surface area contributed by atoms with Crippen LogP contribution in [0, 0.1) is 0 Å². The highest BCUT2D eigenvalue weighted by atomic mass is 16.5. The van der Waals surface area contributed by atoms with E-state index in [0.29, 0.717) is 18.7 Å². The quantitative estimate of drug-likeness (QED) is 0.828. The predicted molar refractivity (Wildman–Crippen MR) is 91.3 cm³/mol. The van der Waals surface area contributed by atoms with Gasteiger partial charge in [0.25, 0.3) is 5.91 Å². The van der Waals surface area contributed by atoms with E-state index in [1.165, 1.54) is 6.92 Å². The molecule has 1 aliphatic heterocycles. The van der Waals surface area contributed by atoms with E-state index in [1.807, 2.05) is 33.0 Å². The van der Waals surface area contributed by atoms with E-state index in [1.54, 1.807) is 17.0 Å². The molecular formula is C17H27N3O3. The first-order valence-corrected chi connectivity index (χ1v) is 8.06. The van der Waals surface area contributed by atoms with Crippen molar-refractivity contribution < 1.29 is 14.3 Å². The minimum absolute atomic E-state index is 0.163. The van der Waals surface area contributed by atoms with E-state index < -0.39 is 12.1 Å². The van der Waals surface area contributed by atoms with Crippen LogP contribution in [0.15, 0.2) is 24.3 Å². The summed E-state index contributed by atoms with van der Waals surface area (Å²) in [5.41, 5.74) is 1.63. The van der Waals surface area contributed by atoms with Gasteiger partial charge >= 0.3 is 5.97 Å². The largest absolute Gasteiger partial charge is 0.447 e. The molecule has 0 aromatic heterocycles. The molecule has 1 fully saturated rings. The molecule has 6 heteroatoms. The van der Waals surface area contributed by atoms with Gasteiger partial charge in [-0.25, -0.2) is 0 Å². The maximum atomic E-state index is 12.6. The van der Waals surface area contributed by atoms with E-state index in [2.05, 4.69) is 10.6 Å². The Balaban J connectivity index is 0.00000127. The summed E-state index contributed by atoms with van der Waals surface area (Å²) in [6.45, 7) is 8.10. The number of nitrogens with one attached hydrogen (secondary N) is 2. The van der Waals surface area contributed by atoms with E-state index in [9.17, 15) is 9.59 Å². The van der Waals surface area contributed by atoms with Gasteiger partial charge in [-0.15, -0.1) is 0 Å². The molecule has 1 aliphatic rings. The molecule has 0 radical (unpaired) electrons. The Hall–Kier alpha value is -2.08. The van der Waals surface area contributed by atoms with Crippen LogP contribution in [0.2, 0.25) is 0 Å². The SMILES string of the molecule is CC.CNc1ccc(C(OC(C)=O)C(=O)N2CCNCC2)cc1. The van der Waals surface area contributed by atoms with Crippen LogP contribution in [0.1, 0.15) is 32.4 Å². The Labute approximate surface area is 138 Å². The predicted octanol–water partition coefficient (Wildman–Crippen LogP) is 1.79.